The summed E-state index contributed by atoms with van der Waals surface area (Å²) >= 11 is 0. The molecule has 7 N–H and O–H groups in total. The summed E-state index contributed by atoms with van der Waals surface area (Å²) in [6.45, 7) is 1.61. The van der Waals surface area contributed by atoms with Crippen molar-refractivity contribution in [3.63, 3.8) is 0 Å². The molecule has 1 aliphatic rings. The number of phenolic OH excluding ortho intramolecular Hbond substituents is 2. The van der Waals surface area contributed by atoms with Gasteiger partial charge in [-0.2, -0.15) is 0 Å². The molecule has 0 saturated heterocycles. The molecular weight excluding hydrogens is 408 g/mol. The van der Waals surface area contributed by atoms with Crippen LogP contribution >= 0.6 is 0 Å². The molecule has 3 aromatic rings. The van der Waals surface area contributed by atoms with E-state index in [1.54, 1.807) is 48.5 Å². The van der Waals surface area contributed by atoms with Crippen LogP contribution in [0.15, 0.2) is 60.7 Å². The number of benzene rings is 3. The summed E-state index contributed by atoms with van der Waals surface area (Å²) in [5.74, 6) is -0.429. The fourth-order valence-corrected chi connectivity index (χ4v) is 3.73. The van der Waals surface area contributed by atoms with Gasteiger partial charge in [0.2, 0.25) is 0 Å². The minimum absolute atomic E-state index is 0.0487. The predicted molar refractivity (Wildman–Crippen MR) is 123 cm³/mol. The molecule has 7 heteroatoms. The molecule has 0 unspecified atom stereocenters. The summed E-state index contributed by atoms with van der Waals surface area (Å²) in [5.41, 5.74) is 12.8. The highest BCUT2D eigenvalue weighted by Gasteiger charge is 2.31. The number of carboxylic acid groups (broad SMARTS) is 1. The average Bonchev–Trinajstić information content (AvgIpc) is 2.78. The first-order valence-electron chi connectivity index (χ1n) is 10.5. The number of rotatable bonds is 6. The van der Waals surface area contributed by atoms with Crippen LogP contribution in [-0.4, -0.2) is 34.4 Å². The number of ether oxygens (including phenoxy) is 1. The first-order chi connectivity index (χ1) is 15.5. The molecule has 0 aromatic heterocycles. The minimum Gasteiger partial charge on any atom is -0.508 e. The van der Waals surface area contributed by atoms with Gasteiger partial charge in [0.05, 0.1) is 5.56 Å². The van der Waals surface area contributed by atoms with Crippen molar-refractivity contribution in [1.82, 2.24) is 0 Å². The zero-order chi connectivity index (χ0) is 23.1. The second-order valence-corrected chi connectivity index (χ2v) is 7.51. The Bertz CT molecular complexity index is 1030. The van der Waals surface area contributed by atoms with E-state index in [9.17, 15) is 20.1 Å². The van der Waals surface area contributed by atoms with Crippen molar-refractivity contribution in [1.29, 1.82) is 0 Å². The fourth-order valence-electron chi connectivity index (χ4n) is 3.73. The molecular formula is C25H28N2O5. The van der Waals surface area contributed by atoms with Crippen LogP contribution in [0, 0.1) is 0 Å². The molecule has 0 saturated carbocycles. The van der Waals surface area contributed by atoms with E-state index in [0.717, 1.165) is 37.1 Å². The van der Waals surface area contributed by atoms with Gasteiger partial charge in [0.15, 0.2) is 0 Å². The van der Waals surface area contributed by atoms with Crippen LogP contribution in [0.2, 0.25) is 0 Å². The lowest BCUT2D eigenvalue weighted by Crippen LogP contribution is -2.15. The molecule has 0 fully saturated rings. The lowest BCUT2D eigenvalue weighted by atomic mass is 9.80. The number of fused-ring (bicyclic) bond motifs is 2. The Labute approximate surface area is 186 Å². The molecule has 0 aliphatic carbocycles. The second-order valence-electron chi connectivity index (χ2n) is 7.51. The van der Waals surface area contributed by atoms with Crippen LogP contribution in [0.3, 0.4) is 0 Å². The number of phenols is 2. The van der Waals surface area contributed by atoms with Crippen LogP contribution in [0.4, 0.5) is 0 Å². The molecule has 0 amide bonds. The van der Waals surface area contributed by atoms with E-state index in [2.05, 4.69) is 0 Å². The Morgan fingerprint density at radius 3 is 1.81 bits per heavy atom. The highest BCUT2D eigenvalue weighted by atomic mass is 16.5. The van der Waals surface area contributed by atoms with Gasteiger partial charge in [0.25, 0.3) is 0 Å². The number of carbonyl (C=O) groups is 1. The Kier molecular flexibility index (Phi) is 7.70. The van der Waals surface area contributed by atoms with Crippen molar-refractivity contribution < 1.29 is 24.9 Å². The lowest BCUT2D eigenvalue weighted by molar-refractivity contribution is 0.0695. The first-order valence-corrected chi connectivity index (χ1v) is 10.5. The monoisotopic (exact) mass is 436 g/mol. The van der Waals surface area contributed by atoms with Crippen LogP contribution in [0.1, 0.15) is 52.2 Å². The standard InChI is InChI=1S/C20H14O5.C5H14N2/c21-11-5-7-15-17(9-11)25-18-10-12(22)6-8-16(18)19(15)13-3-1-2-4-14(13)20(23)24;6-4-2-1-3-5-7/h1-10,19,21-22H,(H,23,24);1-7H2. The van der Waals surface area contributed by atoms with Gasteiger partial charge in [-0.05, 0) is 49.7 Å². The number of aromatic carboxylic acids is 1. The van der Waals surface area contributed by atoms with Gasteiger partial charge >= 0.3 is 5.97 Å². The van der Waals surface area contributed by atoms with Gasteiger partial charge in [0, 0.05) is 29.2 Å². The van der Waals surface area contributed by atoms with Gasteiger partial charge in [-0.25, -0.2) is 4.79 Å². The van der Waals surface area contributed by atoms with Crippen LogP contribution in [0.5, 0.6) is 23.0 Å². The van der Waals surface area contributed by atoms with Crippen molar-refractivity contribution in [3.05, 3.63) is 82.9 Å². The van der Waals surface area contributed by atoms with E-state index in [0.29, 0.717) is 17.1 Å². The van der Waals surface area contributed by atoms with Gasteiger partial charge < -0.3 is 31.5 Å². The zero-order valence-electron chi connectivity index (χ0n) is 17.7. The summed E-state index contributed by atoms with van der Waals surface area (Å²) < 4.78 is 5.82. The molecule has 32 heavy (non-hydrogen) atoms. The third-order valence-electron chi connectivity index (χ3n) is 5.25. The molecule has 0 atom stereocenters. The number of hydrogen-bond donors (Lipinski definition) is 5. The predicted octanol–water partition coefficient (Wildman–Crippen LogP) is 4.16. The quantitative estimate of drug-likeness (QED) is 0.286. The Hall–Kier alpha value is -3.55. The number of carboxylic acids is 1. The fraction of sp³-hybridized carbons (Fsp3) is 0.240. The molecule has 7 nitrogen and oxygen atoms in total. The van der Waals surface area contributed by atoms with E-state index in [1.165, 1.54) is 18.6 Å². The van der Waals surface area contributed by atoms with Gasteiger partial charge in [-0.1, -0.05) is 36.8 Å². The summed E-state index contributed by atoms with van der Waals surface area (Å²) in [5, 5.41) is 29.1. The highest BCUT2D eigenvalue weighted by Crippen LogP contribution is 2.49. The summed E-state index contributed by atoms with van der Waals surface area (Å²) in [7, 11) is 0. The maximum atomic E-state index is 11.7. The average molecular weight is 437 g/mol. The number of aromatic hydroxyl groups is 2. The lowest BCUT2D eigenvalue weighted by Gasteiger charge is -2.29. The van der Waals surface area contributed by atoms with E-state index in [4.69, 9.17) is 16.2 Å². The highest BCUT2D eigenvalue weighted by molar-refractivity contribution is 5.90. The van der Waals surface area contributed by atoms with Crippen molar-refractivity contribution in [2.24, 2.45) is 11.5 Å². The van der Waals surface area contributed by atoms with Crippen molar-refractivity contribution in [2.45, 2.75) is 25.2 Å². The summed E-state index contributed by atoms with van der Waals surface area (Å²) in [6.07, 6.45) is 3.43. The van der Waals surface area contributed by atoms with Crippen LogP contribution in [-0.2, 0) is 0 Å². The Morgan fingerprint density at radius 2 is 1.31 bits per heavy atom. The minimum atomic E-state index is -1.01. The molecule has 0 spiro atoms. The maximum Gasteiger partial charge on any atom is 0.335 e. The SMILES string of the molecule is NCCCCCN.O=C(O)c1ccccc1C1c2ccc(O)cc2Oc2cc(O)ccc21. The van der Waals surface area contributed by atoms with Crippen LogP contribution < -0.4 is 16.2 Å². The Balaban J connectivity index is 0.000000360. The zero-order valence-corrected chi connectivity index (χ0v) is 17.7. The summed E-state index contributed by atoms with van der Waals surface area (Å²) in [6, 6.07) is 16.3. The normalized spacial score (nSPS) is 12.1. The van der Waals surface area contributed by atoms with Gasteiger partial charge in [-0.3, -0.25) is 0 Å². The van der Waals surface area contributed by atoms with Crippen molar-refractivity contribution >= 4 is 5.97 Å². The molecule has 1 aliphatic heterocycles. The Morgan fingerprint density at radius 1 is 0.781 bits per heavy atom. The van der Waals surface area contributed by atoms with Gasteiger partial charge in [0.1, 0.15) is 23.0 Å². The smallest absolute Gasteiger partial charge is 0.335 e. The van der Waals surface area contributed by atoms with Crippen molar-refractivity contribution in [2.75, 3.05) is 13.1 Å². The molecule has 0 bridgehead atoms. The topological polar surface area (TPSA) is 139 Å². The molecule has 168 valence electrons. The molecule has 3 aromatic carbocycles. The molecule has 0 radical (unpaired) electrons. The van der Waals surface area contributed by atoms with E-state index in [1.807, 2.05) is 0 Å². The largest absolute Gasteiger partial charge is 0.508 e. The number of hydrogen-bond acceptors (Lipinski definition) is 6. The van der Waals surface area contributed by atoms with E-state index >= 15 is 0 Å². The second kappa shape index (κ2) is 10.7. The number of nitrogens with two attached hydrogens (primary N) is 2. The third kappa shape index (κ3) is 5.19. The maximum absolute atomic E-state index is 11.7. The van der Waals surface area contributed by atoms with E-state index < -0.39 is 5.97 Å². The molecule has 4 rings (SSSR count). The number of unbranched alkanes of at least 4 members (excludes halogenated alkanes) is 2. The van der Waals surface area contributed by atoms with Gasteiger partial charge in [-0.15, -0.1) is 0 Å². The van der Waals surface area contributed by atoms with Crippen LogP contribution in [0.25, 0.3) is 0 Å². The van der Waals surface area contributed by atoms with Crippen molar-refractivity contribution in [3.8, 4) is 23.0 Å². The first kappa shape index (κ1) is 23.1. The molecule has 1 heterocycles. The summed E-state index contributed by atoms with van der Waals surface area (Å²) in [4.78, 5) is 11.7. The third-order valence-corrected chi connectivity index (χ3v) is 5.25. The van der Waals surface area contributed by atoms with E-state index in [-0.39, 0.29) is 23.0 Å².